The molecule has 0 saturated heterocycles. The zero-order chi connectivity index (χ0) is 23.0. The molecule has 164 valence electrons. The van der Waals surface area contributed by atoms with Gasteiger partial charge in [0.25, 0.3) is 5.56 Å². The minimum Gasteiger partial charge on any atom is -0.309 e. The molecule has 0 aliphatic rings. The van der Waals surface area contributed by atoms with Crippen LogP contribution in [0.1, 0.15) is 16.8 Å². The van der Waals surface area contributed by atoms with E-state index < -0.39 is 51.0 Å². The van der Waals surface area contributed by atoms with E-state index in [1.165, 1.54) is 0 Å². The maximum absolute atomic E-state index is 13.3. The standard InChI is InChI=1S/C18H10Cl2F6N4O/c19-11-6-10(17(21,22)23)7-27-14(11)29-16-28-13(18(24,25)26)12(20)15(31)30(16)8-9-4-2-1-3-5-9/h1-7H,8H2,(H,27,28,29). The maximum Gasteiger partial charge on any atom is 0.435 e. The van der Waals surface area contributed by atoms with Crippen molar-refractivity contribution in [2.45, 2.75) is 18.9 Å². The van der Waals surface area contributed by atoms with Crippen LogP contribution in [0.25, 0.3) is 0 Å². The van der Waals surface area contributed by atoms with Gasteiger partial charge < -0.3 is 5.32 Å². The van der Waals surface area contributed by atoms with Crippen molar-refractivity contribution in [1.82, 2.24) is 14.5 Å². The quantitative estimate of drug-likeness (QED) is 0.479. The van der Waals surface area contributed by atoms with Gasteiger partial charge in [0.1, 0.15) is 5.02 Å². The first-order valence-electron chi connectivity index (χ1n) is 8.29. The first-order chi connectivity index (χ1) is 14.4. The zero-order valence-corrected chi connectivity index (χ0v) is 16.5. The fourth-order valence-electron chi connectivity index (χ4n) is 2.52. The van der Waals surface area contributed by atoms with Crippen LogP contribution in [0.3, 0.4) is 0 Å². The molecule has 2 aromatic heterocycles. The van der Waals surface area contributed by atoms with Crippen LogP contribution in [0.4, 0.5) is 38.1 Å². The number of benzene rings is 1. The molecule has 0 amide bonds. The Balaban J connectivity index is 2.13. The van der Waals surface area contributed by atoms with Crippen LogP contribution in [-0.4, -0.2) is 14.5 Å². The van der Waals surface area contributed by atoms with Crippen LogP contribution in [0, 0.1) is 0 Å². The molecular formula is C18H10Cl2F6N4O. The summed E-state index contributed by atoms with van der Waals surface area (Å²) in [4.78, 5) is 19.5. The van der Waals surface area contributed by atoms with Gasteiger partial charge in [-0.05, 0) is 11.6 Å². The molecule has 2 heterocycles. The third-order valence-corrected chi connectivity index (χ3v) is 4.59. The molecule has 0 fully saturated rings. The van der Waals surface area contributed by atoms with E-state index in [4.69, 9.17) is 23.2 Å². The normalized spacial score (nSPS) is 12.1. The van der Waals surface area contributed by atoms with E-state index in [9.17, 15) is 31.1 Å². The van der Waals surface area contributed by atoms with Gasteiger partial charge in [0, 0.05) is 6.20 Å². The van der Waals surface area contributed by atoms with Gasteiger partial charge in [0.2, 0.25) is 5.95 Å². The third kappa shape index (κ3) is 5.10. The highest BCUT2D eigenvalue weighted by atomic mass is 35.5. The molecule has 0 spiro atoms. The molecule has 3 aromatic rings. The summed E-state index contributed by atoms with van der Waals surface area (Å²) in [6.07, 6.45) is -9.35. The Bertz CT molecular complexity index is 1160. The Morgan fingerprint density at radius 2 is 1.65 bits per heavy atom. The summed E-state index contributed by atoms with van der Waals surface area (Å²) in [5.41, 5.74) is -3.51. The van der Waals surface area contributed by atoms with Gasteiger partial charge in [-0.2, -0.15) is 26.3 Å². The number of hydrogen-bond donors (Lipinski definition) is 1. The second-order valence-corrected chi connectivity index (χ2v) is 6.94. The number of alkyl halides is 6. The lowest BCUT2D eigenvalue weighted by atomic mass is 10.2. The predicted molar refractivity (Wildman–Crippen MR) is 102 cm³/mol. The van der Waals surface area contributed by atoms with Gasteiger partial charge in [-0.25, -0.2) is 9.97 Å². The zero-order valence-electron chi connectivity index (χ0n) is 15.0. The highest BCUT2D eigenvalue weighted by molar-refractivity contribution is 6.33. The average molecular weight is 483 g/mol. The van der Waals surface area contributed by atoms with Crippen LogP contribution in [0.5, 0.6) is 0 Å². The van der Waals surface area contributed by atoms with E-state index in [1.54, 1.807) is 30.3 Å². The lowest BCUT2D eigenvalue weighted by Gasteiger charge is -2.18. The number of nitrogens with zero attached hydrogens (tertiary/aromatic N) is 3. The Labute approximate surface area is 180 Å². The largest absolute Gasteiger partial charge is 0.435 e. The van der Waals surface area contributed by atoms with Gasteiger partial charge in [0.15, 0.2) is 11.5 Å². The van der Waals surface area contributed by atoms with E-state index in [0.29, 0.717) is 17.8 Å². The van der Waals surface area contributed by atoms with Crippen molar-refractivity contribution >= 4 is 35.0 Å². The summed E-state index contributed by atoms with van der Waals surface area (Å²) in [5.74, 6) is -1.08. The van der Waals surface area contributed by atoms with Crippen molar-refractivity contribution in [1.29, 1.82) is 0 Å². The van der Waals surface area contributed by atoms with Crippen molar-refractivity contribution in [2.24, 2.45) is 0 Å². The summed E-state index contributed by atoms with van der Waals surface area (Å²) >= 11 is 11.4. The topological polar surface area (TPSA) is 59.8 Å². The van der Waals surface area contributed by atoms with Gasteiger partial charge >= 0.3 is 12.4 Å². The fourth-order valence-corrected chi connectivity index (χ4v) is 2.98. The first kappa shape index (κ1) is 22.9. The molecule has 0 aliphatic carbocycles. The molecule has 3 rings (SSSR count). The highest BCUT2D eigenvalue weighted by Crippen LogP contribution is 2.35. The number of hydrogen-bond acceptors (Lipinski definition) is 4. The van der Waals surface area contributed by atoms with E-state index in [-0.39, 0.29) is 6.54 Å². The van der Waals surface area contributed by atoms with Gasteiger partial charge in [-0.1, -0.05) is 53.5 Å². The van der Waals surface area contributed by atoms with Crippen molar-refractivity contribution in [3.8, 4) is 0 Å². The molecule has 13 heteroatoms. The molecular weight excluding hydrogens is 473 g/mol. The number of pyridine rings is 1. The van der Waals surface area contributed by atoms with Gasteiger partial charge in [-0.3, -0.25) is 9.36 Å². The molecule has 0 atom stereocenters. The fraction of sp³-hybridized carbons (Fsp3) is 0.167. The van der Waals surface area contributed by atoms with E-state index in [1.807, 2.05) is 0 Å². The summed E-state index contributed by atoms with van der Waals surface area (Å²) in [6.45, 7) is -0.231. The van der Waals surface area contributed by atoms with Crippen LogP contribution in [0.2, 0.25) is 10.0 Å². The van der Waals surface area contributed by atoms with E-state index in [2.05, 4.69) is 15.3 Å². The Kier molecular flexibility index (Phi) is 6.19. The lowest BCUT2D eigenvalue weighted by Crippen LogP contribution is -2.29. The minimum atomic E-state index is -5.06. The molecule has 0 unspecified atom stereocenters. The van der Waals surface area contributed by atoms with E-state index >= 15 is 0 Å². The van der Waals surface area contributed by atoms with Gasteiger partial charge in [-0.15, -0.1) is 0 Å². The van der Waals surface area contributed by atoms with Crippen LogP contribution < -0.4 is 10.9 Å². The smallest absolute Gasteiger partial charge is 0.309 e. The Hall–Kier alpha value is -2.79. The molecule has 31 heavy (non-hydrogen) atoms. The van der Waals surface area contributed by atoms with Crippen LogP contribution in [-0.2, 0) is 18.9 Å². The Morgan fingerprint density at radius 3 is 2.19 bits per heavy atom. The minimum absolute atomic E-state index is 0.231. The average Bonchev–Trinajstić information content (AvgIpc) is 2.68. The summed E-state index contributed by atoms with van der Waals surface area (Å²) < 4.78 is 79.0. The molecule has 0 radical (unpaired) electrons. The second kappa shape index (κ2) is 8.39. The van der Waals surface area contributed by atoms with Crippen LogP contribution >= 0.6 is 23.2 Å². The summed E-state index contributed by atoms with van der Waals surface area (Å²) in [7, 11) is 0. The predicted octanol–water partition coefficient (Wildman–Crippen LogP) is 5.77. The van der Waals surface area contributed by atoms with E-state index in [0.717, 1.165) is 4.57 Å². The van der Waals surface area contributed by atoms with Gasteiger partial charge in [0.05, 0.1) is 17.1 Å². The monoisotopic (exact) mass is 482 g/mol. The summed E-state index contributed by atoms with van der Waals surface area (Å²) in [6, 6.07) is 8.71. The molecule has 0 saturated carbocycles. The third-order valence-electron chi connectivity index (χ3n) is 3.96. The molecule has 1 aromatic carbocycles. The highest BCUT2D eigenvalue weighted by Gasteiger charge is 2.38. The summed E-state index contributed by atoms with van der Waals surface area (Å²) in [5, 5.41) is 0.608. The molecule has 5 nitrogen and oxygen atoms in total. The number of rotatable bonds is 4. The van der Waals surface area contributed by atoms with Crippen molar-refractivity contribution in [2.75, 3.05) is 5.32 Å². The number of halogens is 8. The second-order valence-electron chi connectivity index (χ2n) is 6.15. The molecule has 0 bridgehead atoms. The number of aromatic nitrogens is 3. The lowest BCUT2D eigenvalue weighted by molar-refractivity contribution is -0.141. The van der Waals surface area contributed by atoms with Crippen molar-refractivity contribution in [3.63, 3.8) is 0 Å². The molecule has 0 aliphatic heterocycles. The first-order valence-corrected chi connectivity index (χ1v) is 9.04. The van der Waals surface area contributed by atoms with Crippen molar-refractivity contribution in [3.05, 3.63) is 79.8 Å². The maximum atomic E-state index is 13.3. The Morgan fingerprint density at radius 1 is 1.00 bits per heavy atom. The molecule has 1 N–H and O–H groups in total. The number of nitrogens with one attached hydrogen (secondary N) is 1. The SMILES string of the molecule is O=c1c(Cl)c(C(F)(F)F)nc(Nc2ncc(C(F)(F)F)cc2Cl)n1Cc1ccccc1. The number of anilines is 2. The van der Waals surface area contributed by atoms with Crippen LogP contribution in [0.15, 0.2) is 47.4 Å². The van der Waals surface area contributed by atoms with Crippen molar-refractivity contribution < 1.29 is 26.3 Å².